The van der Waals surface area contributed by atoms with Gasteiger partial charge in [-0.25, -0.2) is 15.3 Å². The lowest BCUT2D eigenvalue weighted by Gasteiger charge is -2.23. The number of esters is 1. The SMILES string of the molecule is CCOC(=O)CC1(c2ccc(OC)cc2)N=C(c2ccccc2)NO1. The molecule has 2 aromatic carbocycles. The minimum Gasteiger partial charge on any atom is -0.497 e. The first kappa shape index (κ1) is 17.0. The van der Waals surface area contributed by atoms with Gasteiger partial charge in [0.1, 0.15) is 12.2 Å². The third-order valence-corrected chi connectivity index (χ3v) is 3.89. The second kappa shape index (κ2) is 7.36. The molecule has 0 radical (unpaired) electrons. The summed E-state index contributed by atoms with van der Waals surface area (Å²) < 4.78 is 10.3. The predicted octanol–water partition coefficient (Wildman–Crippen LogP) is 2.78. The number of nitrogens with zero attached hydrogens (tertiary/aromatic N) is 1. The summed E-state index contributed by atoms with van der Waals surface area (Å²) in [4.78, 5) is 22.6. The highest BCUT2D eigenvalue weighted by Crippen LogP contribution is 2.35. The molecule has 3 rings (SSSR count). The molecule has 0 aliphatic carbocycles. The number of aliphatic imine (C=N–C) groups is 1. The van der Waals surface area contributed by atoms with E-state index in [1.165, 1.54) is 0 Å². The Hall–Kier alpha value is -2.86. The number of methoxy groups -OCH3 is 1. The van der Waals surface area contributed by atoms with Crippen LogP contribution in [0.15, 0.2) is 59.6 Å². The van der Waals surface area contributed by atoms with E-state index in [9.17, 15) is 4.79 Å². The first-order valence-electron chi connectivity index (χ1n) is 8.06. The van der Waals surface area contributed by atoms with Gasteiger partial charge in [-0.15, -0.1) is 0 Å². The largest absolute Gasteiger partial charge is 0.497 e. The number of hydrogen-bond acceptors (Lipinski definition) is 6. The molecule has 130 valence electrons. The molecule has 1 atom stereocenters. The molecule has 6 nitrogen and oxygen atoms in total. The first-order chi connectivity index (χ1) is 12.2. The Balaban J connectivity index is 1.98. The van der Waals surface area contributed by atoms with Gasteiger partial charge in [0, 0.05) is 11.1 Å². The van der Waals surface area contributed by atoms with Crippen molar-refractivity contribution >= 4 is 11.8 Å². The number of hydrogen-bond donors (Lipinski definition) is 1. The molecule has 0 saturated carbocycles. The Morgan fingerprint density at radius 2 is 1.88 bits per heavy atom. The number of carbonyl (C=O) groups is 1. The molecule has 0 fully saturated rings. The normalized spacial score (nSPS) is 19.0. The van der Waals surface area contributed by atoms with Crippen LogP contribution in [-0.2, 0) is 20.1 Å². The third-order valence-electron chi connectivity index (χ3n) is 3.89. The van der Waals surface area contributed by atoms with Gasteiger partial charge < -0.3 is 9.47 Å². The molecule has 1 aliphatic rings. The zero-order valence-corrected chi connectivity index (χ0v) is 14.2. The molecule has 1 aliphatic heterocycles. The summed E-state index contributed by atoms with van der Waals surface area (Å²) >= 11 is 0. The van der Waals surface area contributed by atoms with Crippen molar-refractivity contribution in [3.05, 3.63) is 65.7 Å². The van der Waals surface area contributed by atoms with E-state index >= 15 is 0 Å². The molecule has 0 spiro atoms. The van der Waals surface area contributed by atoms with E-state index in [2.05, 4.69) is 10.5 Å². The van der Waals surface area contributed by atoms with E-state index in [1.54, 1.807) is 14.0 Å². The number of amidine groups is 1. The van der Waals surface area contributed by atoms with Crippen LogP contribution < -0.4 is 10.2 Å². The predicted molar refractivity (Wildman–Crippen MR) is 93.1 cm³/mol. The van der Waals surface area contributed by atoms with E-state index in [0.29, 0.717) is 18.2 Å². The van der Waals surface area contributed by atoms with E-state index in [-0.39, 0.29) is 12.4 Å². The second-order valence-corrected chi connectivity index (χ2v) is 5.53. The van der Waals surface area contributed by atoms with E-state index in [4.69, 9.17) is 14.3 Å². The molecule has 6 heteroatoms. The molecule has 0 amide bonds. The molecule has 25 heavy (non-hydrogen) atoms. The van der Waals surface area contributed by atoms with Crippen molar-refractivity contribution in [3.63, 3.8) is 0 Å². The summed E-state index contributed by atoms with van der Waals surface area (Å²) in [6, 6.07) is 16.9. The van der Waals surface area contributed by atoms with Crippen molar-refractivity contribution in [2.24, 2.45) is 4.99 Å². The van der Waals surface area contributed by atoms with Crippen LogP contribution in [0.25, 0.3) is 0 Å². The number of ether oxygens (including phenoxy) is 2. The van der Waals surface area contributed by atoms with Gasteiger partial charge in [0.25, 0.3) is 0 Å². The zero-order chi connectivity index (χ0) is 17.7. The highest BCUT2D eigenvalue weighted by atomic mass is 16.7. The molecule has 0 saturated heterocycles. The number of carbonyl (C=O) groups excluding carboxylic acids is 1. The summed E-state index contributed by atoms with van der Waals surface area (Å²) in [7, 11) is 1.60. The van der Waals surface area contributed by atoms with Gasteiger partial charge in [-0.1, -0.05) is 42.5 Å². The van der Waals surface area contributed by atoms with E-state index in [1.807, 2.05) is 54.6 Å². The maximum atomic E-state index is 12.1. The van der Waals surface area contributed by atoms with Gasteiger partial charge in [0.2, 0.25) is 5.72 Å². The number of benzene rings is 2. The maximum absolute atomic E-state index is 12.1. The van der Waals surface area contributed by atoms with Gasteiger partial charge >= 0.3 is 5.97 Å². The Morgan fingerprint density at radius 1 is 1.16 bits per heavy atom. The van der Waals surface area contributed by atoms with Gasteiger partial charge in [-0.3, -0.25) is 4.79 Å². The Bertz CT molecular complexity index is 759. The van der Waals surface area contributed by atoms with Crippen LogP contribution in [0.2, 0.25) is 0 Å². The summed E-state index contributed by atoms with van der Waals surface area (Å²) in [5, 5.41) is 0. The fourth-order valence-electron chi connectivity index (χ4n) is 2.64. The van der Waals surface area contributed by atoms with Gasteiger partial charge in [0.15, 0.2) is 5.84 Å². The van der Waals surface area contributed by atoms with Crippen LogP contribution in [-0.4, -0.2) is 25.5 Å². The summed E-state index contributed by atoms with van der Waals surface area (Å²) in [5.41, 5.74) is 3.28. The second-order valence-electron chi connectivity index (χ2n) is 5.53. The van der Waals surface area contributed by atoms with Crippen molar-refractivity contribution in [3.8, 4) is 5.75 Å². The van der Waals surface area contributed by atoms with Crippen LogP contribution in [0.5, 0.6) is 5.75 Å². The van der Waals surface area contributed by atoms with Crippen LogP contribution >= 0.6 is 0 Å². The fourth-order valence-corrected chi connectivity index (χ4v) is 2.64. The van der Waals surface area contributed by atoms with Crippen molar-refractivity contribution in [1.29, 1.82) is 0 Å². The third kappa shape index (κ3) is 3.64. The molecule has 0 bridgehead atoms. The topological polar surface area (TPSA) is 69.2 Å². The van der Waals surface area contributed by atoms with Crippen LogP contribution in [0.1, 0.15) is 24.5 Å². The molecular formula is C19H20N2O4. The summed E-state index contributed by atoms with van der Waals surface area (Å²) in [6.07, 6.45) is -0.0312. The van der Waals surface area contributed by atoms with E-state index < -0.39 is 5.72 Å². The van der Waals surface area contributed by atoms with Crippen LogP contribution in [0.4, 0.5) is 0 Å². The van der Waals surface area contributed by atoms with Crippen molar-refractivity contribution in [2.75, 3.05) is 13.7 Å². The number of rotatable bonds is 6. The quantitative estimate of drug-likeness (QED) is 0.819. The molecule has 1 N–H and O–H groups in total. The molecule has 2 aromatic rings. The van der Waals surface area contributed by atoms with Crippen molar-refractivity contribution in [2.45, 2.75) is 19.1 Å². The fraction of sp³-hybridized carbons (Fsp3) is 0.263. The highest BCUT2D eigenvalue weighted by Gasteiger charge is 2.42. The lowest BCUT2D eigenvalue weighted by Crippen LogP contribution is -2.31. The standard InChI is InChI=1S/C19H20N2O4/c1-3-24-17(22)13-19(15-9-11-16(23-2)12-10-15)20-18(21-25-19)14-7-5-4-6-8-14/h4-12H,3,13H2,1-2H3,(H,20,21). The molecule has 1 unspecified atom stereocenters. The zero-order valence-electron chi connectivity index (χ0n) is 14.2. The summed E-state index contributed by atoms with van der Waals surface area (Å²) in [5.74, 6) is 0.909. The minimum atomic E-state index is -1.18. The van der Waals surface area contributed by atoms with Crippen molar-refractivity contribution in [1.82, 2.24) is 5.48 Å². The van der Waals surface area contributed by atoms with Gasteiger partial charge in [-0.2, -0.15) is 0 Å². The minimum absolute atomic E-state index is 0.0312. The molecule has 0 aromatic heterocycles. The monoisotopic (exact) mass is 340 g/mol. The lowest BCUT2D eigenvalue weighted by molar-refractivity contribution is -0.153. The maximum Gasteiger partial charge on any atom is 0.311 e. The van der Waals surface area contributed by atoms with E-state index in [0.717, 1.165) is 11.1 Å². The molecule has 1 heterocycles. The smallest absolute Gasteiger partial charge is 0.311 e. The first-order valence-corrected chi connectivity index (χ1v) is 8.06. The number of nitrogens with one attached hydrogen (secondary N) is 1. The number of hydroxylamine groups is 1. The summed E-state index contributed by atoms with van der Waals surface area (Å²) in [6.45, 7) is 2.07. The Labute approximate surface area is 146 Å². The van der Waals surface area contributed by atoms with Gasteiger partial charge in [-0.05, 0) is 19.1 Å². The van der Waals surface area contributed by atoms with Crippen molar-refractivity contribution < 1.29 is 19.1 Å². The molecular weight excluding hydrogens is 320 g/mol. The van der Waals surface area contributed by atoms with Gasteiger partial charge in [0.05, 0.1) is 13.7 Å². The highest BCUT2D eigenvalue weighted by molar-refractivity contribution is 5.99. The van der Waals surface area contributed by atoms with Crippen LogP contribution in [0.3, 0.4) is 0 Å². The Morgan fingerprint density at radius 3 is 2.52 bits per heavy atom. The van der Waals surface area contributed by atoms with Crippen LogP contribution in [0, 0.1) is 0 Å². The average Bonchev–Trinajstić information content (AvgIpc) is 3.08. The average molecular weight is 340 g/mol. The lowest BCUT2D eigenvalue weighted by atomic mass is 9.99. The Kier molecular flexibility index (Phi) is 5.00.